The van der Waals surface area contributed by atoms with E-state index in [0.29, 0.717) is 4.88 Å². The Bertz CT molecular complexity index is 830. The largest absolute Gasteiger partial charge is 0.480 e. The van der Waals surface area contributed by atoms with Crippen molar-refractivity contribution in [1.82, 2.24) is 14.3 Å². The number of amides is 1. The van der Waals surface area contributed by atoms with Crippen LogP contribution in [0.15, 0.2) is 17.6 Å². The molecule has 0 aliphatic heterocycles. The number of rotatable bonds is 4. The number of hydrogen-bond acceptors (Lipinski definition) is 5. The number of thiophene rings is 1. The topological polar surface area (TPSA) is 74.9 Å². The summed E-state index contributed by atoms with van der Waals surface area (Å²) in [6.07, 6.45) is 1.91. The number of imidazole rings is 1. The quantitative estimate of drug-likeness (QED) is 0.800. The maximum atomic E-state index is 12.5. The van der Waals surface area contributed by atoms with E-state index < -0.39 is 5.97 Å². The van der Waals surface area contributed by atoms with Crippen LogP contribution in [-0.4, -0.2) is 43.9 Å². The molecule has 0 unspecified atom stereocenters. The van der Waals surface area contributed by atoms with Gasteiger partial charge in [-0.3, -0.25) is 14.0 Å². The van der Waals surface area contributed by atoms with Crippen molar-refractivity contribution < 1.29 is 14.7 Å². The Hall–Kier alpha value is -1.93. The summed E-state index contributed by atoms with van der Waals surface area (Å²) in [5.74, 6) is -1.28. The second-order valence-electron chi connectivity index (χ2n) is 4.89. The highest BCUT2D eigenvalue weighted by molar-refractivity contribution is 7.21. The van der Waals surface area contributed by atoms with Gasteiger partial charge in [-0.2, -0.15) is 0 Å². The van der Waals surface area contributed by atoms with Gasteiger partial charge in [-0.25, -0.2) is 4.98 Å². The Morgan fingerprint density at radius 2 is 2.24 bits per heavy atom. The molecule has 6 nitrogen and oxygen atoms in total. The zero-order chi connectivity index (χ0) is 15.1. The highest BCUT2D eigenvalue weighted by atomic mass is 32.1. The average molecular weight is 323 g/mol. The normalized spacial score (nSPS) is 11.6. The molecule has 3 aromatic heterocycles. The summed E-state index contributed by atoms with van der Waals surface area (Å²) in [5, 5.41) is 10.9. The fourth-order valence-corrected chi connectivity index (χ4v) is 3.89. The number of carbonyl (C=O) groups excluding carboxylic acids is 1. The Labute approximate surface area is 128 Å². The van der Waals surface area contributed by atoms with Crippen LogP contribution in [0, 0.1) is 0 Å². The lowest BCUT2D eigenvalue weighted by Gasteiger charge is -2.24. The van der Waals surface area contributed by atoms with Crippen LogP contribution in [0.1, 0.15) is 23.5 Å². The number of hydrogen-bond donors (Lipinski definition) is 1. The maximum Gasteiger partial charge on any atom is 0.323 e. The van der Waals surface area contributed by atoms with Crippen LogP contribution in [0.2, 0.25) is 0 Å². The van der Waals surface area contributed by atoms with Crippen LogP contribution in [0.3, 0.4) is 0 Å². The van der Waals surface area contributed by atoms with E-state index in [0.717, 1.165) is 15.3 Å². The first kappa shape index (κ1) is 14.0. The minimum absolute atomic E-state index is 0.174. The molecule has 0 bridgehead atoms. The Morgan fingerprint density at radius 1 is 1.48 bits per heavy atom. The molecule has 3 rings (SSSR count). The molecule has 21 heavy (non-hydrogen) atoms. The van der Waals surface area contributed by atoms with E-state index in [4.69, 9.17) is 5.11 Å². The minimum atomic E-state index is -1.01. The van der Waals surface area contributed by atoms with Crippen LogP contribution < -0.4 is 0 Å². The molecule has 0 fully saturated rings. The number of carbonyl (C=O) groups is 2. The lowest BCUT2D eigenvalue weighted by atomic mass is 10.3. The zero-order valence-corrected chi connectivity index (χ0v) is 13.1. The summed E-state index contributed by atoms with van der Waals surface area (Å²) in [7, 11) is 0. The van der Waals surface area contributed by atoms with Gasteiger partial charge in [0.2, 0.25) is 0 Å². The summed E-state index contributed by atoms with van der Waals surface area (Å²) < 4.78 is 1.93. The SMILES string of the molecule is CC(C)N(CC(=O)O)C(=O)c1cc2c(nc3sccn32)s1. The molecule has 8 heteroatoms. The van der Waals surface area contributed by atoms with Crippen molar-refractivity contribution >= 4 is 49.9 Å². The van der Waals surface area contributed by atoms with Gasteiger partial charge >= 0.3 is 5.97 Å². The summed E-state index contributed by atoms with van der Waals surface area (Å²) in [5.41, 5.74) is 0.888. The number of aliphatic carboxylic acids is 1. The first-order valence-corrected chi connectivity index (χ1v) is 8.05. The zero-order valence-electron chi connectivity index (χ0n) is 11.4. The van der Waals surface area contributed by atoms with Crippen molar-refractivity contribution in [2.24, 2.45) is 0 Å². The van der Waals surface area contributed by atoms with Crippen LogP contribution in [0.25, 0.3) is 15.3 Å². The Morgan fingerprint density at radius 3 is 2.90 bits per heavy atom. The molecular weight excluding hydrogens is 310 g/mol. The van der Waals surface area contributed by atoms with Crippen LogP contribution in [-0.2, 0) is 4.79 Å². The summed E-state index contributed by atoms with van der Waals surface area (Å²) >= 11 is 2.84. The molecular formula is C13H13N3O3S2. The third-order valence-corrected chi connectivity index (χ3v) is 4.90. The first-order valence-electron chi connectivity index (χ1n) is 6.35. The smallest absolute Gasteiger partial charge is 0.323 e. The third-order valence-electron chi connectivity index (χ3n) is 3.14. The van der Waals surface area contributed by atoms with Gasteiger partial charge in [0.05, 0.1) is 10.4 Å². The van der Waals surface area contributed by atoms with E-state index >= 15 is 0 Å². The molecule has 0 saturated carbocycles. The van der Waals surface area contributed by atoms with Crippen molar-refractivity contribution in [1.29, 1.82) is 0 Å². The molecule has 0 aliphatic carbocycles. The maximum absolute atomic E-state index is 12.5. The molecule has 1 amide bonds. The first-order chi connectivity index (χ1) is 9.97. The average Bonchev–Trinajstić information content (AvgIpc) is 3.05. The molecule has 0 saturated heterocycles. The van der Waals surface area contributed by atoms with Crippen molar-refractivity contribution in [3.63, 3.8) is 0 Å². The van der Waals surface area contributed by atoms with Gasteiger partial charge in [0.1, 0.15) is 11.4 Å². The number of carboxylic acid groups (broad SMARTS) is 1. The summed E-state index contributed by atoms with van der Waals surface area (Å²) in [6.45, 7) is 3.31. The molecule has 0 atom stereocenters. The summed E-state index contributed by atoms with van der Waals surface area (Å²) in [6, 6.07) is 1.61. The van der Waals surface area contributed by atoms with E-state index in [9.17, 15) is 9.59 Å². The summed E-state index contributed by atoms with van der Waals surface area (Å²) in [4.78, 5) is 31.4. The second kappa shape index (κ2) is 5.12. The van der Waals surface area contributed by atoms with Crippen LogP contribution in [0.4, 0.5) is 0 Å². The predicted molar refractivity (Wildman–Crippen MR) is 82.3 cm³/mol. The van der Waals surface area contributed by atoms with Gasteiger partial charge in [0, 0.05) is 17.6 Å². The number of nitrogens with zero attached hydrogens (tertiary/aromatic N) is 3. The van der Waals surface area contributed by atoms with E-state index in [-0.39, 0.29) is 18.5 Å². The number of fused-ring (bicyclic) bond motifs is 3. The number of aromatic nitrogens is 2. The van der Waals surface area contributed by atoms with E-state index in [1.165, 1.54) is 27.6 Å². The monoisotopic (exact) mass is 323 g/mol. The van der Waals surface area contributed by atoms with E-state index in [1.54, 1.807) is 19.9 Å². The lowest BCUT2D eigenvalue weighted by molar-refractivity contribution is -0.138. The van der Waals surface area contributed by atoms with Crippen molar-refractivity contribution in [3.8, 4) is 0 Å². The molecule has 0 aromatic carbocycles. The van der Waals surface area contributed by atoms with Gasteiger partial charge in [0.25, 0.3) is 5.91 Å². The molecule has 1 N–H and O–H groups in total. The van der Waals surface area contributed by atoms with Gasteiger partial charge in [-0.15, -0.1) is 22.7 Å². The van der Waals surface area contributed by atoms with Gasteiger partial charge < -0.3 is 10.0 Å². The third kappa shape index (κ3) is 2.40. The van der Waals surface area contributed by atoms with Crippen molar-refractivity contribution in [2.45, 2.75) is 19.9 Å². The van der Waals surface area contributed by atoms with Crippen molar-refractivity contribution in [3.05, 3.63) is 22.5 Å². The highest BCUT2D eigenvalue weighted by Gasteiger charge is 2.24. The van der Waals surface area contributed by atoms with Gasteiger partial charge in [0.15, 0.2) is 4.96 Å². The molecule has 0 aliphatic rings. The Balaban J connectivity index is 1.99. The minimum Gasteiger partial charge on any atom is -0.480 e. The number of thiazole rings is 1. The van der Waals surface area contributed by atoms with E-state index in [2.05, 4.69) is 4.98 Å². The molecule has 3 heterocycles. The predicted octanol–water partition coefficient (Wildman–Crippen LogP) is 2.55. The highest BCUT2D eigenvalue weighted by Crippen LogP contribution is 2.29. The molecule has 0 radical (unpaired) electrons. The molecule has 0 spiro atoms. The second-order valence-corrected chi connectivity index (χ2v) is 6.79. The fraction of sp³-hybridized carbons (Fsp3) is 0.308. The molecule has 3 aromatic rings. The van der Waals surface area contributed by atoms with Gasteiger partial charge in [-0.1, -0.05) is 0 Å². The van der Waals surface area contributed by atoms with E-state index in [1.807, 2.05) is 16.0 Å². The fourth-order valence-electron chi connectivity index (χ4n) is 2.13. The standard InChI is InChI=1S/C13H13N3O3S2/c1-7(2)16(6-10(17)18)12(19)9-5-8-11(21-9)14-13-15(8)3-4-20-13/h3-5,7H,6H2,1-2H3,(H,17,18). The van der Waals surface area contributed by atoms with Crippen molar-refractivity contribution in [2.75, 3.05) is 6.54 Å². The molecule has 110 valence electrons. The lowest BCUT2D eigenvalue weighted by Crippen LogP contribution is -2.40. The van der Waals surface area contributed by atoms with Gasteiger partial charge in [-0.05, 0) is 19.9 Å². The number of carboxylic acids is 1. The van der Waals surface area contributed by atoms with Crippen LogP contribution >= 0.6 is 22.7 Å². The Kier molecular flexibility index (Phi) is 3.42. The van der Waals surface area contributed by atoms with Crippen LogP contribution in [0.5, 0.6) is 0 Å².